The van der Waals surface area contributed by atoms with Crippen molar-refractivity contribution in [1.82, 2.24) is 4.57 Å². The van der Waals surface area contributed by atoms with Crippen LogP contribution in [0.2, 0.25) is 0 Å². The Morgan fingerprint density at radius 3 is 2.47 bits per heavy atom. The van der Waals surface area contributed by atoms with Crippen LogP contribution in [0.5, 0.6) is 0 Å². The van der Waals surface area contributed by atoms with Gasteiger partial charge in [0.25, 0.3) is 0 Å². The maximum absolute atomic E-state index is 12.2. The molecule has 0 N–H and O–H groups in total. The molecule has 0 fully saturated rings. The zero-order valence-electron chi connectivity index (χ0n) is 9.05. The van der Waals surface area contributed by atoms with Gasteiger partial charge in [0, 0.05) is 11.8 Å². The summed E-state index contributed by atoms with van der Waals surface area (Å²) >= 11 is 0. The summed E-state index contributed by atoms with van der Waals surface area (Å²) < 4.78 is 1.96. The molecule has 0 radical (unpaired) electrons. The summed E-state index contributed by atoms with van der Waals surface area (Å²) in [6.07, 6.45) is 1.94. The smallest absolute Gasteiger partial charge is 0.211 e. The van der Waals surface area contributed by atoms with Crippen LogP contribution in [0.1, 0.15) is 16.1 Å². The lowest BCUT2D eigenvalue weighted by Crippen LogP contribution is -1.94. The Bertz CT molecular complexity index is 767. The molecule has 0 spiro atoms. The van der Waals surface area contributed by atoms with E-state index in [9.17, 15) is 4.79 Å². The van der Waals surface area contributed by atoms with Crippen molar-refractivity contribution in [3.63, 3.8) is 0 Å². The molecule has 17 heavy (non-hydrogen) atoms. The topological polar surface area (TPSA) is 22.0 Å². The number of nitrogens with zero attached hydrogens (tertiary/aromatic N) is 1. The van der Waals surface area contributed by atoms with Gasteiger partial charge in [-0.05, 0) is 35.0 Å². The van der Waals surface area contributed by atoms with Crippen molar-refractivity contribution in [2.24, 2.45) is 0 Å². The van der Waals surface area contributed by atoms with Crippen LogP contribution in [-0.2, 0) is 0 Å². The predicted octanol–water partition coefficient (Wildman–Crippen LogP) is 3.17. The van der Waals surface area contributed by atoms with E-state index in [-0.39, 0.29) is 5.78 Å². The first-order valence-electron chi connectivity index (χ1n) is 5.60. The van der Waals surface area contributed by atoms with Crippen molar-refractivity contribution in [1.29, 1.82) is 0 Å². The Hall–Kier alpha value is -2.35. The summed E-state index contributed by atoms with van der Waals surface area (Å²) in [4.78, 5) is 12.2. The molecule has 0 saturated carbocycles. The van der Waals surface area contributed by atoms with Gasteiger partial charge >= 0.3 is 0 Å². The Labute approximate surface area is 98.1 Å². The predicted molar refractivity (Wildman–Crippen MR) is 66.7 cm³/mol. The lowest BCUT2D eigenvalue weighted by atomic mass is 10.0. The van der Waals surface area contributed by atoms with E-state index >= 15 is 0 Å². The summed E-state index contributed by atoms with van der Waals surface area (Å²) in [6.45, 7) is 0. The minimum atomic E-state index is 0.121. The van der Waals surface area contributed by atoms with Gasteiger partial charge in [0.2, 0.25) is 5.78 Å². The van der Waals surface area contributed by atoms with Gasteiger partial charge in [0.05, 0.1) is 11.4 Å². The second kappa shape index (κ2) is 2.86. The molecule has 0 unspecified atom stereocenters. The monoisotopic (exact) mass is 219 g/mol. The van der Waals surface area contributed by atoms with Crippen LogP contribution in [0, 0.1) is 0 Å². The van der Waals surface area contributed by atoms with Gasteiger partial charge < -0.3 is 4.57 Å². The molecular weight excluding hydrogens is 210 g/mol. The first-order valence-corrected chi connectivity index (χ1v) is 5.60. The van der Waals surface area contributed by atoms with Gasteiger partial charge in [-0.15, -0.1) is 0 Å². The molecule has 80 valence electrons. The molecule has 2 heteroatoms. The Kier molecular flexibility index (Phi) is 1.47. The maximum atomic E-state index is 12.2. The highest BCUT2D eigenvalue weighted by molar-refractivity contribution is 6.15. The van der Waals surface area contributed by atoms with E-state index < -0.39 is 0 Å². The van der Waals surface area contributed by atoms with Crippen molar-refractivity contribution in [2.75, 3.05) is 0 Å². The van der Waals surface area contributed by atoms with E-state index in [0.717, 1.165) is 22.3 Å². The highest BCUT2D eigenvalue weighted by Crippen LogP contribution is 2.31. The molecule has 2 aromatic carbocycles. The normalized spacial score (nSPS) is 12.8. The van der Waals surface area contributed by atoms with Gasteiger partial charge in [-0.2, -0.15) is 0 Å². The van der Waals surface area contributed by atoms with E-state index in [1.54, 1.807) is 0 Å². The molecule has 0 atom stereocenters. The fourth-order valence-electron chi connectivity index (χ4n) is 2.52. The van der Waals surface area contributed by atoms with Crippen LogP contribution in [0.3, 0.4) is 0 Å². The number of aromatic nitrogens is 1. The highest BCUT2D eigenvalue weighted by Gasteiger charge is 2.26. The maximum Gasteiger partial charge on any atom is 0.211 e. The zero-order valence-corrected chi connectivity index (χ0v) is 9.05. The summed E-state index contributed by atoms with van der Waals surface area (Å²) in [7, 11) is 0. The standard InChI is InChI=1S/C15H9NO/c17-15-12-8-10-4-1-2-5-11(10)9-14(12)16-7-3-6-13(15)16/h1-9H. The van der Waals surface area contributed by atoms with E-state index in [2.05, 4.69) is 12.1 Å². The molecule has 3 aromatic rings. The van der Waals surface area contributed by atoms with E-state index in [0.29, 0.717) is 0 Å². The molecule has 2 heterocycles. The number of benzene rings is 2. The molecule has 2 nitrogen and oxygen atoms in total. The van der Waals surface area contributed by atoms with E-state index in [1.807, 2.05) is 47.2 Å². The molecule has 4 rings (SSSR count). The van der Waals surface area contributed by atoms with E-state index in [1.165, 1.54) is 5.39 Å². The molecule has 1 aromatic heterocycles. The molecule has 1 aliphatic rings. The summed E-state index contributed by atoms with van der Waals surface area (Å²) in [5, 5.41) is 2.28. The number of hydrogen-bond donors (Lipinski definition) is 0. The van der Waals surface area contributed by atoms with Crippen molar-refractivity contribution in [3.8, 4) is 5.69 Å². The highest BCUT2D eigenvalue weighted by atomic mass is 16.1. The summed E-state index contributed by atoms with van der Waals surface area (Å²) in [5.41, 5.74) is 2.56. The minimum Gasteiger partial charge on any atom is -0.313 e. The van der Waals surface area contributed by atoms with Crippen LogP contribution in [-0.4, -0.2) is 10.4 Å². The van der Waals surface area contributed by atoms with Crippen LogP contribution >= 0.6 is 0 Å². The number of hydrogen-bond acceptors (Lipinski definition) is 1. The van der Waals surface area contributed by atoms with Gasteiger partial charge in [-0.3, -0.25) is 4.79 Å². The van der Waals surface area contributed by atoms with Gasteiger partial charge in [0.1, 0.15) is 0 Å². The Morgan fingerprint density at radius 1 is 0.882 bits per heavy atom. The first kappa shape index (κ1) is 8.76. The molecule has 1 aliphatic heterocycles. The van der Waals surface area contributed by atoms with Crippen LogP contribution in [0.25, 0.3) is 16.5 Å². The second-order valence-electron chi connectivity index (χ2n) is 4.31. The Morgan fingerprint density at radius 2 is 1.65 bits per heavy atom. The summed E-state index contributed by atoms with van der Waals surface area (Å²) in [6, 6.07) is 16.0. The lowest BCUT2D eigenvalue weighted by molar-refractivity contribution is 0.104. The molecule has 0 amide bonds. The minimum absolute atomic E-state index is 0.121. The van der Waals surface area contributed by atoms with Crippen molar-refractivity contribution < 1.29 is 4.79 Å². The van der Waals surface area contributed by atoms with Crippen LogP contribution in [0.4, 0.5) is 0 Å². The average molecular weight is 219 g/mol. The SMILES string of the molecule is O=C1c2cc3ccccc3cc2-n2cccc21. The number of carbonyl (C=O) groups excluding carboxylic acids is 1. The number of carbonyl (C=O) groups is 1. The van der Waals surface area contributed by atoms with Crippen LogP contribution < -0.4 is 0 Å². The third-order valence-corrected chi connectivity index (χ3v) is 3.35. The second-order valence-corrected chi connectivity index (χ2v) is 4.31. The third-order valence-electron chi connectivity index (χ3n) is 3.35. The van der Waals surface area contributed by atoms with Gasteiger partial charge in [0.15, 0.2) is 0 Å². The van der Waals surface area contributed by atoms with Crippen molar-refractivity contribution >= 4 is 16.6 Å². The van der Waals surface area contributed by atoms with Gasteiger partial charge in [-0.25, -0.2) is 0 Å². The summed E-state index contributed by atoms with van der Waals surface area (Å²) in [5.74, 6) is 0.121. The fraction of sp³-hybridized carbons (Fsp3) is 0. The molecule has 0 saturated heterocycles. The van der Waals surface area contributed by atoms with Crippen molar-refractivity contribution in [3.05, 3.63) is 66.0 Å². The van der Waals surface area contributed by atoms with Crippen molar-refractivity contribution in [2.45, 2.75) is 0 Å². The number of fused-ring (bicyclic) bond motifs is 4. The largest absolute Gasteiger partial charge is 0.313 e. The molecule has 0 bridgehead atoms. The molecular formula is C15H9NO. The quantitative estimate of drug-likeness (QED) is 0.445. The van der Waals surface area contributed by atoms with Crippen LogP contribution in [0.15, 0.2) is 54.7 Å². The number of ketones is 1. The molecule has 0 aliphatic carbocycles. The lowest BCUT2D eigenvalue weighted by Gasteiger charge is -2.03. The zero-order chi connectivity index (χ0) is 11.4. The average Bonchev–Trinajstić information content (AvgIpc) is 2.92. The Balaban J connectivity index is 2.16. The first-order chi connectivity index (χ1) is 8.34. The van der Waals surface area contributed by atoms with Gasteiger partial charge in [-0.1, -0.05) is 24.3 Å². The third kappa shape index (κ3) is 1.02. The van der Waals surface area contributed by atoms with E-state index in [4.69, 9.17) is 0 Å². The number of rotatable bonds is 0. The fourth-order valence-corrected chi connectivity index (χ4v) is 2.52.